The van der Waals surface area contributed by atoms with Crippen LogP contribution >= 0.6 is 0 Å². The third-order valence-electron chi connectivity index (χ3n) is 10.4. The lowest BCUT2D eigenvalue weighted by atomic mass is 9.98. The summed E-state index contributed by atoms with van der Waals surface area (Å²) in [5, 5.41) is 0. The molecule has 5 atom stereocenters. The average Bonchev–Trinajstić information content (AvgIpc) is 3.17. The molecule has 1 saturated heterocycles. The van der Waals surface area contributed by atoms with Crippen LogP contribution in [0.25, 0.3) is 0 Å². The van der Waals surface area contributed by atoms with E-state index in [1.54, 1.807) is 0 Å². The van der Waals surface area contributed by atoms with E-state index in [1.165, 1.54) is 156 Å². The molecule has 1 fully saturated rings. The fourth-order valence-corrected chi connectivity index (χ4v) is 7.29. The summed E-state index contributed by atoms with van der Waals surface area (Å²) in [5.41, 5.74) is 0. The van der Waals surface area contributed by atoms with Gasteiger partial charge in [-0.2, -0.15) is 0 Å². The zero-order valence-corrected chi connectivity index (χ0v) is 37.6. The molecular weight excluding hydrogens is 744 g/mol. The summed E-state index contributed by atoms with van der Waals surface area (Å²) in [7, 11) is 0. The number of hydrogen-bond acceptors (Lipinski definition) is 12. The van der Waals surface area contributed by atoms with E-state index in [-0.39, 0.29) is 19.1 Å². The third kappa shape index (κ3) is 29.0. The van der Waals surface area contributed by atoms with Crippen LogP contribution < -0.4 is 0 Å². The number of carbonyl (C=O) groups excluding carboxylic acids is 4. The van der Waals surface area contributed by atoms with Gasteiger partial charge in [0, 0.05) is 46.8 Å². The van der Waals surface area contributed by atoms with Crippen molar-refractivity contribution >= 4 is 23.9 Å². The van der Waals surface area contributed by atoms with Crippen LogP contribution in [0.2, 0.25) is 0 Å². The molecule has 1 rings (SSSR count). The van der Waals surface area contributed by atoms with Gasteiger partial charge in [0.05, 0.1) is 19.8 Å². The molecule has 0 aromatic heterocycles. The monoisotopic (exact) mass is 829 g/mol. The minimum absolute atomic E-state index is 0.116. The van der Waals surface area contributed by atoms with Crippen LogP contribution in [-0.2, 0) is 57.1 Å². The molecule has 0 spiro atoms. The minimum atomic E-state index is -1.29. The van der Waals surface area contributed by atoms with Crippen molar-refractivity contribution in [2.75, 3.05) is 39.6 Å². The van der Waals surface area contributed by atoms with Crippen molar-refractivity contribution in [2.45, 2.75) is 226 Å². The summed E-state index contributed by atoms with van der Waals surface area (Å²) in [6, 6.07) is 0. The number of unbranched alkanes of at least 4 members (excludes halogenated alkanes) is 22. The minimum Gasteiger partial charge on any atom is -0.463 e. The fourth-order valence-electron chi connectivity index (χ4n) is 7.29. The van der Waals surface area contributed by atoms with Crippen LogP contribution in [0.5, 0.6) is 0 Å². The first-order chi connectivity index (χ1) is 28.1. The Kier molecular flexibility index (Phi) is 33.9. The standard InChI is InChI=1S/C46H84O12/c1-7-9-11-13-15-17-19-21-23-25-27-29-31-51-33-41(34-52-32-30-28-26-24-22-20-18-16-14-12-10-8-2)35-54-46-45(57-40(6)50)44(56-39(5)49)43(55-38(4)48)42(58-46)36-53-37(3)47/h41-46H,7-36H2,1-6H3/t42-,43-,44+,45-,46-/m1/s1. The van der Waals surface area contributed by atoms with E-state index in [4.69, 9.17) is 37.9 Å². The van der Waals surface area contributed by atoms with E-state index >= 15 is 0 Å². The van der Waals surface area contributed by atoms with Gasteiger partial charge < -0.3 is 37.9 Å². The topological polar surface area (TPSA) is 142 Å². The van der Waals surface area contributed by atoms with Gasteiger partial charge in [0.2, 0.25) is 0 Å². The lowest BCUT2D eigenvalue weighted by molar-refractivity contribution is -0.310. The maximum Gasteiger partial charge on any atom is 0.303 e. The molecule has 0 unspecified atom stereocenters. The molecule has 0 radical (unpaired) electrons. The molecule has 0 bridgehead atoms. The van der Waals surface area contributed by atoms with Crippen molar-refractivity contribution in [2.24, 2.45) is 5.92 Å². The molecular formula is C46H84O12. The zero-order chi connectivity index (χ0) is 42.6. The first kappa shape index (κ1) is 53.7. The average molecular weight is 829 g/mol. The highest BCUT2D eigenvalue weighted by atomic mass is 16.7. The van der Waals surface area contributed by atoms with Gasteiger partial charge in [0.25, 0.3) is 0 Å². The van der Waals surface area contributed by atoms with E-state index < -0.39 is 54.6 Å². The van der Waals surface area contributed by atoms with Crippen LogP contribution in [0, 0.1) is 5.92 Å². The Bertz CT molecular complexity index is 1010. The van der Waals surface area contributed by atoms with Crippen LogP contribution in [0.4, 0.5) is 0 Å². The van der Waals surface area contributed by atoms with E-state index in [1.807, 2.05) is 0 Å². The molecule has 0 aliphatic carbocycles. The Morgan fingerprint density at radius 3 is 1.19 bits per heavy atom. The van der Waals surface area contributed by atoms with Gasteiger partial charge in [-0.3, -0.25) is 19.2 Å². The quantitative estimate of drug-likeness (QED) is 0.0332. The Morgan fingerprint density at radius 2 is 0.810 bits per heavy atom. The normalized spacial score (nSPS) is 19.3. The van der Waals surface area contributed by atoms with Crippen molar-refractivity contribution in [3.05, 3.63) is 0 Å². The zero-order valence-electron chi connectivity index (χ0n) is 37.6. The SMILES string of the molecule is CCCCCCCCCCCCCCOCC(COCCCCCCCCCCCCCC)CO[C@@H]1O[C@H](COC(C)=O)[C@@H](OC(C)=O)[C@H](OC(C)=O)[C@H]1OC(C)=O. The summed E-state index contributed by atoms with van der Waals surface area (Å²) in [4.78, 5) is 48.4. The summed E-state index contributed by atoms with van der Waals surface area (Å²) >= 11 is 0. The summed E-state index contributed by atoms with van der Waals surface area (Å²) in [5.74, 6) is -2.81. The van der Waals surface area contributed by atoms with Crippen LogP contribution in [0.15, 0.2) is 0 Å². The van der Waals surface area contributed by atoms with Crippen molar-refractivity contribution in [3.63, 3.8) is 0 Å². The lowest BCUT2D eigenvalue weighted by Crippen LogP contribution is -2.63. The Balaban J connectivity index is 2.77. The van der Waals surface area contributed by atoms with Gasteiger partial charge in [-0.15, -0.1) is 0 Å². The van der Waals surface area contributed by atoms with Gasteiger partial charge in [0.15, 0.2) is 24.6 Å². The maximum atomic E-state index is 12.3. The second-order valence-corrected chi connectivity index (χ2v) is 16.2. The molecule has 1 heterocycles. The third-order valence-corrected chi connectivity index (χ3v) is 10.4. The largest absolute Gasteiger partial charge is 0.463 e. The smallest absolute Gasteiger partial charge is 0.303 e. The van der Waals surface area contributed by atoms with Crippen LogP contribution in [0.3, 0.4) is 0 Å². The van der Waals surface area contributed by atoms with Crippen LogP contribution in [0.1, 0.15) is 196 Å². The van der Waals surface area contributed by atoms with Gasteiger partial charge in [0.1, 0.15) is 12.7 Å². The van der Waals surface area contributed by atoms with E-state index in [0.717, 1.165) is 25.7 Å². The van der Waals surface area contributed by atoms with Crippen molar-refractivity contribution in [1.29, 1.82) is 0 Å². The Labute approximate surface area is 352 Å². The first-order valence-corrected chi connectivity index (χ1v) is 23.2. The van der Waals surface area contributed by atoms with Gasteiger partial charge >= 0.3 is 23.9 Å². The molecule has 1 aliphatic heterocycles. The summed E-state index contributed by atoms with van der Waals surface area (Å²) < 4.78 is 46.5. The second-order valence-electron chi connectivity index (χ2n) is 16.2. The van der Waals surface area contributed by atoms with Gasteiger partial charge in [-0.1, -0.05) is 155 Å². The highest BCUT2D eigenvalue weighted by Crippen LogP contribution is 2.30. The molecule has 0 N–H and O–H groups in total. The van der Waals surface area contributed by atoms with E-state index in [9.17, 15) is 19.2 Å². The summed E-state index contributed by atoms with van der Waals surface area (Å²) in [6.45, 7) is 11.2. The highest BCUT2D eigenvalue weighted by Gasteiger charge is 2.52. The molecule has 0 amide bonds. The molecule has 12 heteroatoms. The number of hydrogen-bond donors (Lipinski definition) is 0. The fraction of sp³-hybridized carbons (Fsp3) is 0.913. The summed E-state index contributed by atoms with van der Waals surface area (Å²) in [6.07, 6.45) is 24.4. The van der Waals surface area contributed by atoms with Crippen molar-refractivity contribution < 1.29 is 57.1 Å². The predicted molar refractivity (Wildman–Crippen MR) is 225 cm³/mol. The maximum absolute atomic E-state index is 12.3. The molecule has 0 saturated carbocycles. The molecule has 58 heavy (non-hydrogen) atoms. The molecule has 1 aliphatic rings. The molecule has 0 aromatic rings. The predicted octanol–water partition coefficient (Wildman–Crippen LogP) is 10.1. The van der Waals surface area contributed by atoms with Gasteiger partial charge in [-0.05, 0) is 12.8 Å². The Hall–Kier alpha value is -2.28. The van der Waals surface area contributed by atoms with Crippen LogP contribution in [-0.4, -0.2) is 94.2 Å². The Morgan fingerprint density at radius 1 is 0.448 bits per heavy atom. The number of rotatable bonds is 38. The highest BCUT2D eigenvalue weighted by molar-refractivity contribution is 5.68. The van der Waals surface area contributed by atoms with Crippen molar-refractivity contribution in [3.8, 4) is 0 Å². The number of carbonyl (C=O) groups is 4. The van der Waals surface area contributed by atoms with Crippen molar-refractivity contribution in [1.82, 2.24) is 0 Å². The van der Waals surface area contributed by atoms with E-state index in [2.05, 4.69) is 13.8 Å². The van der Waals surface area contributed by atoms with Gasteiger partial charge in [-0.25, -0.2) is 0 Å². The lowest BCUT2D eigenvalue weighted by Gasteiger charge is -2.44. The molecule has 340 valence electrons. The molecule has 0 aromatic carbocycles. The number of esters is 4. The molecule has 12 nitrogen and oxygen atoms in total. The second kappa shape index (κ2) is 36.6. The van der Waals surface area contributed by atoms with E-state index in [0.29, 0.717) is 26.4 Å². The number of ether oxygens (including phenoxy) is 8. The first-order valence-electron chi connectivity index (χ1n) is 23.2.